The van der Waals surface area contributed by atoms with Gasteiger partial charge in [0.15, 0.2) is 0 Å². The van der Waals surface area contributed by atoms with Gasteiger partial charge in [0.2, 0.25) is 5.95 Å². The fourth-order valence-electron chi connectivity index (χ4n) is 3.97. The molecule has 0 aliphatic heterocycles. The summed E-state index contributed by atoms with van der Waals surface area (Å²) in [6.07, 6.45) is -0.233. The van der Waals surface area contributed by atoms with Gasteiger partial charge in [-0.3, -0.25) is 4.79 Å². The molecule has 1 aliphatic rings. The Labute approximate surface area is 198 Å². The number of carbonyl (C=O) groups excluding carboxylic acids is 1. The van der Waals surface area contributed by atoms with Gasteiger partial charge in [0.05, 0.1) is 0 Å². The van der Waals surface area contributed by atoms with Gasteiger partial charge in [0.25, 0.3) is 5.91 Å². The number of benzene rings is 1. The molecule has 1 aliphatic carbocycles. The van der Waals surface area contributed by atoms with Gasteiger partial charge < -0.3 is 21.3 Å². The molecular formula is C24H33F3N6O. The average molecular weight is 479 g/mol. The number of alkyl halides is 3. The molecule has 4 N–H and O–H groups in total. The SMILES string of the molecule is CCCNC(=O)c1ccc(Nc2ncc(C(F)(F)F)c(NC3CCCC3CNC(C)C)n2)cc1. The molecule has 186 valence electrons. The number of nitrogens with zero attached hydrogens (tertiary/aromatic N) is 2. The predicted octanol–water partition coefficient (Wildman–Crippen LogP) is 4.96. The Morgan fingerprint density at radius 1 is 1.18 bits per heavy atom. The first-order valence-corrected chi connectivity index (χ1v) is 11.8. The summed E-state index contributed by atoms with van der Waals surface area (Å²) >= 11 is 0. The maximum atomic E-state index is 13.6. The second-order valence-electron chi connectivity index (χ2n) is 8.92. The number of halogens is 3. The molecule has 1 aromatic heterocycles. The summed E-state index contributed by atoms with van der Waals surface area (Å²) < 4.78 is 40.9. The smallest absolute Gasteiger partial charge is 0.366 e. The lowest BCUT2D eigenvalue weighted by Gasteiger charge is -2.24. The molecule has 0 radical (unpaired) electrons. The van der Waals surface area contributed by atoms with Gasteiger partial charge in [-0.1, -0.05) is 27.2 Å². The molecule has 1 amide bonds. The van der Waals surface area contributed by atoms with E-state index in [2.05, 4.69) is 31.2 Å². The molecule has 7 nitrogen and oxygen atoms in total. The standard InChI is InChI=1S/C24H33F3N6O/c1-4-12-28-22(34)16-8-10-18(11-9-16)31-23-30-14-19(24(25,26)27)21(33-23)32-20-7-5-6-17(20)13-29-15(2)3/h8-11,14-15,17,20,29H,4-7,12-13H2,1-3H3,(H,28,34)(H2,30,31,32,33). The third-order valence-corrected chi connectivity index (χ3v) is 5.80. The van der Waals surface area contributed by atoms with Crippen LogP contribution in [0.2, 0.25) is 0 Å². The highest BCUT2D eigenvalue weighted by atomic mass is 19.4. The third-order valence-electron chi connectivity index (χ3n) is 5.80. The van der Waals surface area contributed by atoms with Crippen molar-refractivity contribution < 1.29 is 18.0 Å². The fraction of sp³-hybridized carbons (Fsp3) is 0.542. The molecule has 2 aromatic rings. The minimum atomic E-state index is -4.57. The van der Waals surface area contributed by atoms with Crippen LogP contribution in [-0.2, 0) is 6.18 Å². The number of aromatic nitrogens is 2. The van der Waals surface area contributed by atoms with Crippen molar-refractivity contribution in [1.82, 2.24) is 20.6 Å². The Balaban J connectivity index is 1.76. The van der Waals surface area contributed by atoms with Crippen molar-refractivity contribution in [2.75, 3.05) is 23.7 Å². The molecule has 0 spiro atoms. The van der Waals surface area contributed by atoms with Crippen molar-refractivity contribution in [3.05, 3.63) is 41.6 Å². The van der Waals surface area contributed by atoms with Gasteiger partial charge in [-0.05, 0) is 49.4 Å². The van der Waals surface area contributed by atoms with Crippen molar-refractivity contribution in [2.24, 2.45) is 5.92 Å². The van der Waals surface area contributed by atoms with Crippen LogP contribution < -0.4 is 21.3 Å². The molecule has 10 heteroatoms. The second kappa shape index (κ2) is 11.5. The number of carbonyl (C=O) groups is 1. The lowest BCUT2D eigenvalue weighted by molar-refractivity contribution is -0.137. The van der Waals surface area contributed by atoms with E-state index in [0.717, 1.165) is 38.4 Å². The van der Waals surface area contributed by atoms with Crippen LogP contribution in [0.3, 0.4) is 0 Å². The lowest BCUT2D eigenvalue weighted by Crippen LogP contribution is -2.36. The Morgan fingerprint density at radius 2 is 1.91 bits per heavy atom. The molecule has 1 heterocycles. The van der Waals surface area contributed by atoms with Gasteiger partial charge in [-0.15, -0.1) is 0 Å². The van der Waals surface area contributed by atoms with E-state index < -0.39 is 11.7 Å². The van der Waals surface area contributed by atoms with Gasteiger partial charge in [0, 0.05) is 42.6 Å². The summed E-state index contributed by atoms with van der Waals surface area (Å²) in [5.41, 5.74) is 0.179. The Hall–Kier alpha value is -2.88. The number of anilines is 3. The maximum absolute atomic E-state index is 13.6. The number of nitrogens with one attached hydrogen (secondary N) is 4. The fourth-order valence-corrected chi connectivity index (χ4v) is 3.97. The molecule has 3 rings (SSSR count). The van der Waals surface area contributed by atoms with Crippen molar-refractivity contribution in [2.45, 2.75) is 64.7 Å². The number of hydrogen-bond acceptors (Lipinski definition) is 6. The monoisotopic (exact) mass is 478 g/mol. The van der Waals surface area contributed by atoms with Gasteiger partial charge in [-0.2, -0.15) is 18.2 Å². The number of rotatable bonds is 10. The zero-order valence-corrected chi connectivity index (χ0v) is 19.8. The van der Waals surface area contributed by atoms with Crippen LogP contribution in [0.4, 0.5) is 30.6 Å². The summed E-state index contributed by atoms with van der Waals surface area (Å²) in [4.78, 5) is 20.1. The molecule has 2 unspecified atom stereocenters. The van der Waals surface area contributed by atoms with Crippen LogP contribution in [0.5, 0.6) is 0 Å². The first-order chi connectivity index (χ1) is 16.2. The van der Waals surface area contributed by atoms with Gasteiger partial charge >= 0.3 is 6.18 Å². The van der Waals surface area contributed by atoms with Crippen LogP contribution in [0.25, 0.3) is 0 Å². The van der Waals surface area contributed by atoms with Crippen molar-refractivity contribution in [1.29, 1.82) is 0 Å². The van der Waals surface area contributed by atoms with E-state index in [0.29, 0.717) is 23.8 Å². The Morgan fingerprint density at radius 3 is 2.56 bits per heavy atom. The highest BCUT2D eigenvalue weighted by molar-refractivity contribution is 5.94. The highest BCUT2D eigenvalue weighted by Crippen LogP contribution is 2.36. The summed E-state index contributed by atoms with van der Waals surface area (Å²) in [5, 5.41) is 12.2. The van der Waals surface area contributed by atoms with E-state index in [1.165, 1.54) is 0 Å². The molecular weight excluding hydrogens is 445 g/mol. The van der Waals surface area contributed by atoms with E-state index in [1.807, 2.05) is 20.8 Å². The van der Waals surface area contributed by atoms with Crippen LogP contribution in [0.15, 0.2) is 30.5 Å². The zero-order chi connectivity index (χ0) is 24.7. The highest BCUT2D eigenvalue weighted by Gasteiger charge is 2.37. The Bertz CT molecular complexity index is 949. The molecule has 0 saturated heterocycles. The largest absolute Gasteiger partial charge is 0.421 e. The third kappa shape index (κ3) is 7.06. The van der Waals surface area contributed by atoms with Crippen LogP contribution in [0, 0.1) is 5.92 Å². The molecule has 1 aromatic carbocycles. The minimum absolute atomic E-state index is 0.0496. The average Bonchev–Trinajstić information content (AvgIpc) is 3.22. The first kappa shape index (κ1) is 25.7. The quantitative estimate of drug-likeness (QED) is 0.386. The predicted molar refractivity (Wildman–Crippen MR) is 127 cm³/mol. The summed E-state index contributed by atoms with van der Waals surface area (Å²) in [6.45, 7) is 7.39. The molecule has 2 atom stereocenters. The van der Waals surface area contributed by atoms with Crippen molar-refractivity contribution >= 4 is 23.4 Å². The topological polar surface area (TPSA) is 91.0 Å². The summed E-state index contributed by atoms with van der Waals surface area (Å²) in [6, 6.07) is 6.82. The lowest BCUT2D eigenvalue weighted by atomic mass is 10.0. The minimum Gasteiger partial charge on any atom is -0.366 e. The van der Waals surface area contributed by atoms with Crippen LogP contribution in [-0.4, -0.2) is 41.0 Å². The molecule has 1 saturated carbocycles. The van der Waals surface area contributed by atoms with Crippen molar-refractivity contribution in [3.8, 4) is 0 Å². The summed E-state index contributed by atoms with van der Waals surface area (Å²) in [7, 11) is 0. The van der Waals surface area contributed by atoms with Gasteiger partial charge in [-0.25, -0.2) is 4.98 Å². The normalized spacial score (nSPS) is 18.2. The first-order valence-electron chi connectivity index (χ1n) is 11.8. The Kier molecular flexibility index (Phi) is 8.71. The maximum Gasteiger partial charge on any atom is 0.421 e. The van der Waals surface area contributed by atoms with E-state index in [4.69, 9.17) is 0 Å². The zero-order valence-electron chi connectivity index (χ0n) is 19.8. The van der Waals surface area contributed by atoms with E-state index >= 15 is 0 Å². The van der Waals surface area contributed by atoms with Crippen LogP contribution in [0.1, 0.15) is 62.4 Å². The number of hydrogen-bond donors (Lipinski definition) is 4. The molecule has 1 fully saturated rings. The van der Waals surface area contributed by atoms with Crippen molar-refractivity contribution in [3.63, 3.8) is 0 Å². The van der Waals surface area contributed by atoms with Gasteiger partial charge in [0.1, 0.15) is 11.4 Å². The number of amides is 1. The second-order valence-corrected chi connectivity index (χ2v) is 8.92. The summed E-state index contributed by atoms with van der Waals surface area (Å²) in [5.74, 6) is -0.124. The van der Waals surface area contributed by atoms with E-state index in [9.17, 15) is 18.0 Å². The van der Waals surface area contributed by atoms with Crippen LogP contribution >= 0.6 is 0 Å². The molecule has 0 bridgehead atoms. The van der Waals surface area contributed by atoms with E-state index in [1.54, 1.807) is 24.3 Å². The molecule has 34 heavy (non-hydrogen) atoms. The van der Waals surface area contributed by atoms with E-state index in [-0.39, 0.29) is 29.6 Å².